The number of methoxy groups -OCH3 is 1. The Labute approximate surface area is 146 Å². The van der Waals surface area contributed by atoms with Crippen LogP contribution in [0, 0.1) is 6.92 Å². The summed E-state index contributed by atoms with van der Waals surface area (Å²) in [5, 5.41) is 6.65. The van der Waals surface area contributed by atoms with Gasteiger partial charge in [0.05, 0.1) is 13.2 Å². The maximum atomic E-state index is 5.44. The Hall–Kier alpha value is -1.79. The Bertz CT molecular complexity index is 504. The number of ether oxygens (including phenoxy) is 2. The van der Waals surface area contributed by atoms with Crippen LogP contribution in [0.1, 0.15) is 17.5 Å². The highest BCUT2D eigenvalue weighted by molar-refractivity contribution is 5.79. The number of rotatable bonds is 10. The molecule has 0 spiro atoms. The summed E-state index contributed by atoms with van der Waals surface area (Å²) in [5.74, 6) is 0.808. The van der Waals surface area contributed by atoms with Crippen molar-refractivity contribution in [1.29, 1.82) is 0 Å². The molecular formula is C18H32N4O2. The molecule has 136 valence electrons. The third kappa shape index (κ3) is 7.66. The van der Waals surface area contributed by atoms with Crippen LogP contribution < -0.4 is 15.5 Å². The predicted molar refractivity (Wildman–Crippen MR) is 101 cm³/mol. The molecule has 0 saturated heterocycles. The summed E-state index contributed by atoms with van der Waals surface area (Å²) in [7, 11) is 7.57. The van der Waals surface area contributed by atoms with Gasteiger partial charge >= 0.3 is 0 Å². The van der Waals surface area contributed by atoms with E-state index in [0.717, 1.165) is 32.1 Å². The average molecular weight is 336 g/mol. The number of aliphatic imine (C=N–C) groups is 1. The summed E-state index contributed by atoms with van der Waals surface area (Å²) in [5.41, 5.74) is 3.76. The van der Waals surface area contributed by atoms with Crippen LogP contribution >= 0.6 is 0 Å². The zero-order chi connectivity index (χ0) is 17.8. The van der Waals surface area contributed by atoms with Gasteiger partial charge in [0.2, 0.25) is 0 Å². The van der Waals surface area contributed by atoms with Crippen molar-refractivity contribution >= 4 is 11.6 Å². The van der Waals surface area contributed by atoms with Crippen LogP contribution in [0.5, 0.6) is 0 Å². The van der Waals surface area contributed by atoms with Gasteiger partial charge in [-0.1, -0.05) is 6.07 Å². The van der Waals surface area contributed by atoms with Crippen LogP contribution in [0.4, 0.5) is 5.69 Å². The third-order valence-electron chi connectivity index (χ3n) is 3.70. The molecule has 0 heterocycles. The van der Waals surface area contributed by atoms with Gasteiger partial charge in [0.25, 0.3) is 0 Å². The number of nitrogens with zero attached hydrogens (tertiary/aromatic N) is 2. The standard InChI is InChI=1S/C18H32N4O2/c1-15-13-17(22(3)4)8-7-16(15)14-21-18(19-2)20-9-6-10-24-12-11-23-5/h7-8,13H,6,9-12,14H2,1-5H3,(H2,19,20,21). The normalized spacial score (nSPS) is 11.5. The van der Waals surface area contributed by atoms with Gasteiger partial charge < -0.3 is 25.0 Å². The highest BCUT2D eigenvalue weighted by atomic mass is 16.5. The maximum absolute atomic E-state index is 5.44. The lowest BCUT2D eigenvalue weighted by molar-refractivity contribution is 0.0698. The minimum absolute atomic E-state index is 0.641. The number of guanidine groups is 1. The molecule has 6 nitrogen and oxygen atoms in total. The van der Waals surface area contributed by atoms with E-state index in [1.54, 1.807) is 14.2 Å². The predicted octanol–water partition coefficient (Wildman–Crippen LogP) is 1.78. The summed E-state index contributed by atoms with van der Waals surface area (Å²) in [6, 6.07) is 6.50. The van der Waals surface area contributed by atoms with E-state index in [0.29, 0.717) is 13.2 Å². The molecule has 0 fully saturated rings. The lowest BCUT2D eigenvalue weighted by Gasteiger charge is -2.16. The van der Waals surface area contributed by atoms with E-state index in [1.165, 1.54) is 16.8 Å². The van der Waals surface area contributed by atoms with E-state index in [-0.39, 0.29) is 0 Å². The number of nitrogens with one attached hydrogen (secondary N) is 2. The van der Waals surface area contributed by atoms with Crippen molar-refractivity contribution in [3.05, 3.63) is 29.3 Å². The summed E-state index contributed by atoms with van der Waals surface area (Å²) in [6.45, 7) is 5.72. The molecule has 0 bridgehead atoms. The number of benzene rings is 1. The van der Waals surface area contributed by atoms with Crippen LogP contribution in [0.2, 0.25) is 0 Å². The van der Waals surface area contributed by atoms with E-state index < -0.39 is 0 Å². The number of hydrogen-bond donors (Lipinski definition) is 2. The topological polar surface area (TPSA) is 58.1 Å². The summed E-state index contributed by atoms with van der Waals surface area (Å²) in [4.78, 5) is 6.36. The third-order valence-corrected chi connectivity index (χ3v) is 3.70. The van der Waals surface area contributed by atoms with E-state index in [9.17, 15) is 0 Å². The molecule has 24 heavy (non-hydrogen) atoms. The molecule has 0 unspecified atom stereocenters. The quantitative estimate of drug-likeness (QED) is 0.387. The zero-order valence-electron chi connectivity index (χ0n) is 15.7. The maximum Gasteiger partial charge on any atom is 0.191 e. The van der Waals surface area contributed by atoms with Crippen molar-refractivity contribution in [2.24, 2.45) is 4.99 Å². The minimum Gasteiger partial charge on any atom is -0.382 e. The zero-order valence-corrected chi connectivity index (χ0v) is 15.7. The van der Waals surface area contributed by atoms with Crippen LogP contribution in [-0.4, -0.2) is 60.6 Å². The monoisotopic (exact) mass is 336 g/mol. The van der Waals surface area contributed by atoms with E-state index in [4.69, 9.17) is 9.47 Å². The van der Waals surface area contributed by atoms with Crippen molar-refractivity contribution in [2.75, 3.05) is 59.5 Å². The van der Waals surface area contributed by atoms with Gasteiger partial charge in [-0.25, -0.2) is 0 Å². The summed E-state index contributed by atoms with van der Waals surface area (Å²) < 4.78 is 10.4. The van der Waals surface area contributed by atoms with Crippen molar-refractivity contribution < 1.29 is 9.47 Å². The van der Waals surface area contributed by atoms with E-state index in [2.05, 4.69) is 59.7 Å². The summed E-state index contributed by atoms with van der Waals surface area (Å²) in [6.07, 6.45) is 0.932. The lowest BCUT2D eigenvalue weighted by Crippen LogP contribution is -2.37. The first-order valence-electron chi connectivity index (χ1n) is 8.36. The second-order valence-electron chi connectivity index (χ2n) is 5.82. The highest BCUT2D eigenvalue weighted by Gasteiger charge is 2.03. The van der Waals surface area contributed by atoms with E-state index in [1.807, 2.05) is 0 Å². The molecule has 0 radical (unpaired) electrons. The van der Waals surface area contributed by atoms with Gasteiger partial charge in [-0.05, 0) is 36.6 Å². The van der Waals surface area contributed by atoms with E-state index >= 15 is 0 Å². The second kappa shape index (κ2) is 11.7. The molecule has 1 rings (SSSR count). The van der Waals surface area contributed by atoms with Crippen molar-refractivity contribution in [2.45, 2.75) is 19.9 Å². The first-order valence-corrected chi connectivity index (χ1v) is 8.36. The van der Waals surface area contributed by atoms with Crippen LogP contribution in [0.25, 0.3) is 0 Å². The van der Waals surface area contributed by atoms with Crippen LogP contribution in [-0.2, 0) is 16.0 Å². The Morgan fingerprint density at radius 3 is 2.58 bits per heavy atom. The highest BCUT2D eigenvalue weighted by Crippen LogP contribution is 2.17. The first-order chi connectivity index (χ1) is 11.6. The number of anilines is 1. The van der Waals surface area contributed by atoms with Gasteiger partial charge in [-0.3, -0.25) is 4.99 Å². The molecule has 0 aliphatic rings. The molecular weight excluding hydrogens is 304 g/mol. The molecule has 1 aromatic rings. The Morgan fingerprint density at radius 1 is 1.17 bits per heavy atom. The van der Waals surface area contributed by atoms with Crippen LogP contribution in [0.3, 0.4) is 0 Å². The number of aryl methyl sites for hydroxylation is 1. The molecule has 0 atom stereocenters. The second-order valence-corrected chi connectivity index (χ2v) is 5.82. The Morgan fingerprint density at radius 2 is 1.96 bits per heavy atom. The van der Waals surface area contributed by atoms with Gasteiger partial charge in [-0.2, -0.15) is 0 Å². The average Bonchev–Trinajstić information content (AvgIpc) is 2.57. The molecule has 0 aliphatic heterocycles. The van der Waals surface area contributed by atoms with Gasteiger partial charge in [-0.15, -0.1) is 0 Å². The van der Waals surface area contributed by atoms with Crippen molar-refractivity contribution in [3.63, 3.8) is 0 Å². The fraction of sp³-hybridized carbons (Fsp3) is 0.611. The molecule has 0 amide bonds. The Kier molecular flexibility index (Phi) is 9.88. The van der Waals surface area contributed by atoms with Crippen molar-refractivity contribution in [1.82, 2.24) is 10.6 Å². The first kappa shape index (κ1) is 20.3. The molecule has 2 N–H and O–H groups in total. The number of hydrogen-bond acceptors (Lipinski definition) is 4. The Balaban J connectivity index is 2.31. The molecule has 0 aromatic heterocycles. The summed E-state index contributed by atoms with van der Waals surface area (Å²) >= 11 is 0. The SMILES string of the molecule is CN=C(NCCCOCCOC)NCc1ccc(N(C)C)cc1C. The van der Waals surface area contributed by atoms with Crippen LogP contribution in [0.15, 0.2) is 23.2 Å². The minimum atomic E-state index is 0.641. The fourth-order valence-corrected chi connectivity index (χ4v) is 2.18. The fourth-order valence-electron chi connectivity index (χ4n) is 2.18. The van der Waals surface area contributed by atoms with Gasteiger partial charge in [0.15, 0.2) is 5.96 Å². The van der Waals surface area contributed by atoms with Gasteiger partial charge in [0.1, 0.15) is 0 Å². The smallest absolute Gasteiger partial charge is 0.191 e. The lowest BCUT2D eigenvalue weighted by atomic mass is 10.1. The molecule has 0 saturated carbocycles. The molecule has 1 aromatic carbocycles. The largest absolute Gasteiger partial charge is 0.382 e. The van der Waals surface area contributed by atoms with Gasteiger partial charge in [0, 0.05) is 53.6 Å². The molecule has 6 heteroatoms. The molecule has 0 aliphatic carbocycles. The van der Waals surface area contributed by atoms with Crippen molar-refractivity contribution in [3.8, 4) is 0 Å².